The Morgan fingerprint density at radius 2 is 1.52 bits per heavy atom. The molecule has 0 radical (unpaired) electrons. The fourth-order valence-electron chi connectivity index (χ4n) is 6.33. The minimum Gasteiger partial charge on any atom is -0.453 e. The molecule has 2 fully saturated rings. The van der Waals surface area contributed by atoms with Gasteiger partial charge in [-0.3, -0.25) is 9.59 Å². The minimum atomic E-state index is -0.669. The first-order valence-electron chi connectivity index (χ1n) is 16.0. The van der Waals surface area contributed by atoms with Crippen LogP contribution in [0.5, 0.6) is 0 Å². The highest BCUT2D eigenvalue weighted by Gasteiger charge is 2.37. The topological polar surface area (TPSA) is 136 Å². The SMILES string of the molecule is COC(=O)NC(C(=O)N1CCCC1c1ncc(-c2ccc(-c3ccc(-c4cnc(CN5CCCCC5=O)[nH]4)cc3)cc2)[nH]1)C(C)C. The van der Waals surface area contributed by atoms with E-state index in [0.717, 1.165) is 77.5 Å². The molecule has 4 aromatic rings. The van der Waals surface area contributed by atoms with Crippen molar-refractivity contribution >= 4 is 17.9 Å². The Hall–Kier alpha value is -4.93. The molecule has 4 heterocycles. The summed E-state index contributed by atoms with van der Waals surface area (Å²) in [5.41, 5.74) is 6.03. The molecule has 2 saturated heterocycles. The van der Waals surface area contributed by atoms with Crippen LogP contribution < -0.4 is 5.32 Å². The maximum absolute atomic E-state index is 13.5. The van der Waals surface area contributed by atoms with E-state index in [1.807, 2.05) is 36.0 Å². The molecule has 0 spiro atoms. The smallest absolute Gasteiger partial charge is 0.407 e. The lowest BCUT2D eigenvalue weighted by atomic mass is 10.0. The van der Waals surface area contributed by atoms with Crippen LogP contribution in [0.2, 0.25) is 0 Å². The number of carbonyl (C=O) groups excluding carboxylic acids is 3. The minimum absolute atomic E-state index is 0.0875. The summed E-state index contributed by atoms with van der Waals surface area (Å²) in [6.07, 6.45) is 7.33. The third-order valence-corrected chi connectivity index (χ3v) is 8.95. The quantitative estimate of drug-likeness (QED) is 0.219. The molecule has 2 aliphatic heterocycles. The number of rotatable bonds is 9. The number of ether oxygens (including phenoxy) is 1. The van der Waals surface area contributed by atoms with Gasteiger partial charge in [-0.05, 0) is 53.9 Å². The van der Waals surface area contributed by atoms with E-state index in [4.69, 9.17) is 4.74 Å². The van der Waals surface area contributed by atoms with Gasteiger partial charge in [-0.2, -0.15) is 0 Å². The fourth-order valence-corrected chi connectivity index (χ4v) is 6.33. The van der Waals surface area contributed by atoms with E-state index in [-0.39, 0.29) is 23.8 Å². The second-order valence-corrected chi connectivity index (χ2v) is 12.4. The van der Waals surface area contributed by atoms with Crippen LogP contribution in [0, 0.1) is 5.92 Å². The molecule has 11 heteroatoms. The second-order valence-electron chi connectivity index (χ2n) is 12.4. The standard InChI is InChI=1S/C35H41N7O4/c1-22(2)32(40-35(45)46-3)34(44)42-18-6-7-29(42)33-37-20-28(39-33)26-15-11-24(12-16-26)23-9-13-25(14-10-23)27-19-36-30(38-27)21-41-17-5-4-8-31(41)43/h9-16,19-20,22,29,32H,4-8,17-18,21H2,1-3H3,(H,36,38)(H,37,39)(H,40,45). The number of benzene rings is 2. The Morgan fingerprint density at radius 3 is 2.15 bits per heavy atom. The average molecular weight is 624 g/mol. The monoisotopic (exact) mass is 623 g/mol. The summed E-state index contributed by atoms with van der Waals surface area (Å²) in [6, 6.07) is 15.8. The highest BCUT2D eigenvalue weighted by molar-refractivity contribution is 5.86. The van der Waals surface area contributed by atoms with Crippen LogP contribution in [0.25, 0.3) is 33.6 Å². The van der Waals surface area contributed by atoms with E-state index in [1.165, 1.54) is 7.11 Å². The van der Waals surface area contributed by atoms with E-state index < -0.39 is 12.1 Å². The van der Waals surface area contributed by atoms with Gasteiger partial charge in [0.1, 0.15) is 17.7 Å². The van der Waals surface area contributed by atoms with Gasteiger partial charge in [0.25, 0.3) is 0 Å². The molecule has 3 amide bonds. The molecule has 46 heavy (non-hydrogen) atoms. The molecule has 2 atom stereocenters. The summed E-state index contributed by atoms with van der Waals surface area (Å²) in [7, 11) is 1.29. The van der Waals surface area contributed by atoms with Crippen molar-refractivity contribution in [2.75, 3.05) is 20.2 Å². The molecule has 0 saturated carbocycles. The zero-order valence-corrected chi connectivity index (χ0v) is 26.6. The number of H-pyrrole nitrogens is 2. The maximum Gasteiger partial charge on any atom is 0.407 e. The van der Waals surface area contributed by atoms with E-state index in [9.17, 15) is 14.4 Å². The summed E-state index contributed by atoms with van der Waals surface area (Å²) in [5.74, 6) is 1.53. The first kappa shape index (κ1) is 31.1. The normalized spacial score (nSPS) is 17.4. The Kier molecular flexibility index (Phi) is 9.18. The Bertz CT molecular complexity index is 1680. The zero-order valence-electron chi connectivity index (χ0n) is 26.6. The van der Waals surface area contributed by atoms with E-state index in [2.05, 4.69) is 73.8 Å². The number of likely N-dealkylation sites (tertiary alicyclic amines) is 2. The Morgan fingerprint density at radius 1 is 0.891 bits per heavy atom. The van der Waals surface area contributed by atoms with Gasteiger partial charge in [0, 0.05) is 19.5 Å². The van der Waals surface area contributed by atoms with Gasteiger partial charge >= 0.3 is 6.09 Å². The number of nitrogens with zero attached hydrogens (tertiary/aromatic N) is 4. The number of aromatic nitrogens is 4. The largest absolute Gasteiger partial charge is 0.453 e. The van der Waals surface area contributed by atoms with Gasteiger partial charge in [0.15, 0.2) is 0 Å². The van der Waals surface area contributed by atoms with E-state index in [0.29, 0.717) is 19.5 Å². The second kappa shape index (κ2) is 13.6. The number of aromatic amines is 2. The van der Waals surface area contributed by atoms with Crippen molar-refractivity contribution in [2.45, 2.75) is 64.6 Å². The molecule has 11 nitrogen and oxygen atoms in total. The number of hydrogen-bond acceptors (Lipinski definition) is 6. The van der Waals surface area contributed by atoms with Gasteiger partial charge in [-0.15, -0.1) is 0 Å². The summed E-state index contributed by atoms with van der Waals surface area (Å²) in [6.45, 7) is 5.73. The number of methoxy groups -OCH3 is 1. The molecule has 6 rings (SSSR count). The molecular weight excluding hydrogens is 582 g/mol. The predicted molar refractivity (Wildman–Crippen MR) is 174 cm³/mol. The van der Waals surface area contributed by atoms with Crippen molar-refractivity contribution < 1.29 is 19.1 Å². The van der Waals surface area contributed by atoms with Crippen molar-refractivity contribution in [1.29, 1.82) is 0 Å². The van der Waals surface area contributed by atoms with E-state index in [1.54, 1.807) is 0 Å². The third kappa shape index (κ3) is 6.68. The van der Waals surface area contributed by atoms with Crippen molar-refractivity contribution in [3.8, 4) is 33.6 Å². The maximum atomic E-state index is 13.5. The average Bonchev–Trinajstić information content (AvgIpc) is 3.86. The van der Waals surface area contributed by atoms with Crippen molar-refractivity contribution in [3.63, 3.8) is 0 Å². The number of imidazole rings is 2. The summed E-state index contributed by atoms with van der Waals surface area (Å²) >= 11 is 0. The first-order valence-corrected chi connectivity index (χ1v) is 16.0. The number of hydrogen-bond donors (Lipinski definition) is 3. The van der Waals surface area contributed by atoms with Gasteiger partial charge in [0.2, 0.25) is 11.8 Å². The number of alkyl carbamates (subject to hydrolysis) is 1. The number of carbonyl (C=O) groups is 3. The van der Waals surface area contributed by atoms with Gasteiger partial charge in [-0.1, -0.05) is 62.4 Å². The van der Waals surface area contributed by atoms with Gasteiger partial charge < -0.3 is 29.8 Å². The molecule has 2 aliphatic rings. The summed E-state index contributed by atoms with van der Waals surface area (Å²) in [4.78, 5) is 57.2. The van der Waals surface area contributed by atoms with Gasteiger partial charge in [0.05, 0.1) is 43.5 Å². The van der Waals surface area contributed by atoms with Crippen LogP contribution in [-0.2, 0) is 20.9 Å². The molecule has 2 aromatic carbocycles. The van der Waals surface area contributed by atoms with Crippen LogP contribution in [0.15, 0.2) is 60.9 Å². The molecule has 240 valence electrons. The lowest BCUT2D eigenvalue weighted by Crippen LogP contribution is -2.51. The van der Waals surface area contributed by atoms with Crippen LogP contribution >= 0.6 is 0 Å². The van der Waals surface area contributed by atoms with Crippen molar-refractivity contribution in [3.05, 3.63) is 72.6 Å². The fraction of sp³-hybridized carbons (Fsp3) is 0.400. The highest BCUT2D eigenvalue weighted by atomic mass is 16.5. The zero-order chi connectivity index (χ0) is 32.2. The van der Waals surface area contributed by atoms with Gasteiger partial charge in [-0.25, -0.2) is 14.8 Å². The lowest BCUT2D eigenvalue weighted by Gasteiger charge is -2.30. The molecule has 3 N–H and O–H groups in total. The van der Waals surface area contributed by atoms with Crippen LogP contribution in [-0.4, -0.2) is 73.9 Å². The number of amides is 3. The molecule has 2 aromatic heterocycles. The van der Waals surface area contributed by atoms with Crippen molar-refractivity contribution in [1.82, 2.24) is 35.1 Å². The highest BCUT2D eigenvalue weighted by Crippen LogP contribution is 2.33. The summed E-state index contributed by atoms with van der Waals surface area (Å²) in [5, 5.41) is 2.69. The van der Waals surface area contributed by atoms with Crippen molar-refractivity contribution in [2.24, 2.45) is 5.92 Å². The summed E-state index contributed by atoms with van der Waals surface area (Å²) < 4.78 is 4.74. The first-order chi connectivity index (χ1) is 22.3. The Balaban J connectivity index is 1.10. The number of piperidine rings is 1. The Labute approximate surface area is 268 Å². The third-order valence-electron chi connectivity index (χ3n) is 8.95. The lowest BCUT2D eigenvalue weighted by molar-refractivity contribution is -0.135. The van der Waals surface area contributed by atoms with Crippen LogP contribution in [0.1, 0.15) is 63.6 Å². The molecule has 0 aliphatic carbocycles. The number of nitrogens with one attached hydrogen (secondary N) is 3. The van der Waals surface area contributed by atoms with Crippen LogP contribution in [0.4, 0.5) is 4.79 Å². The van der Waals surface area contributed by atoms with Crippen LogP contribution in [0.3, 0.4) is 0 Å². The molecule has 0 bridgehead atoms. The predicted octanol–water partition coefficient (Wildman–Crippen LogP) is 5.69. The van der Waals surface area contributed by atoms with E-state index >= 15 is 0 Å². The molecular formula is C35H41N7O4. The molecule has 2 unspecified atom stereocenters.